The molecule has 0 aromatic heterocycles. The van der Waals surface area contributed by atoms with Crippen LogP contribution >= 0.6 is 0 Å². The van der Waals surface area contributed by atoms with Crippen molar-refractivity contribution in [2.75, 3.05) is 6.61 Å². The van der Waals surface area contributed by atoms with Crippen molar-refractivity contribution < 1.29 is 30.1 Å². The summed E-state index contributed by atoms with van der Waals surface area (Å²) in [5.41, 5.74) is 0. The highest BCUT2D eigenvalue weighted by atomic mass is 16.6. The van der Waals surface area contributed by atoms with Crippen LogP contribution in [0.4, 0.5) is 0 Å². The van der Waals surface area contributed by atoms with Gasteiger partial charge >= 0.3 is 0 Å². The number of aliphatic hydroxyl groups is 3. The topological polar surface area (TPSA) is 132 Å². The van der Waals surface area contributed by atoms with Gasteiger partial charge in [0.2, 0.25) is 5.91 Å². The number of hydrogen-bond donors (Lipinski definition) is 5. The highest BCUT2D eigenvalue weighted by Gasteiger charge is 2.43. The predicted molar refractivity (Wildman–Crippen MR) is 50.8 cm³/mol. The van der Waals surface area contributed by atoms with Gasteiger partial charge in [-0.25, -0.2) is 0 Å². The number of amides is 1. The van der Waals surface area contributed by atoms with E-state index in [1.807, 2.05) is 0 Å². The van der Waals surface area contributed by atoms with Gasteiger partial charge in [0.05, 0.1) is 6.61 Å². The van der Waals surface area contributed by atoms with Gasteiger partial charge < -0.3 is 30.6 Å². The Morgan fingerprint density at radius 3 is 2.56 bits per heavy atom. The average Bonchev–Trinajstić information content (AvgIpc) is 2.25. The summed E-state index contributed by atoms with van der Waals surface area (Å²) in [7, 11) is 0. The zero-order valence-electron chi connectivity index (χ0n) is 8.57. The van der Waals surface area contributed by atoms with Crippen LogP contribution in [-0.4, -0.2) is 63.3 Å². The molecule has 4 atom stereocenters. The van der Waals surface area contributed by atoms with Gasteiger partial charge in [0.25, 0.3) is 5.90 Å². The molecule has 1 aliphatic heterocycles. The molecule has 1 amide bonds. The van der Waals surface area contributed by atoms with Gasteiger partial charge in [-0.3, -0.25) is 4.79 Å². The smallest absolute Gasteiger partial charge is 0.251 e. The molecule has 0 bridgehead atoms. The van der Waals surface area contributed by atoms with Gasteiger partial charge in [0, 0.05) is 6.92 Å². The van der Waals surface area contributed by atoms with E-state index in [4.69, 9.17) is 15.1 Å². The third-order valence-electron chi connectivity index (χ3n) is 2.25. The molecule has 16 heavy (non-hydrogen) atoms. The molecule has 1 saturated heterocycles. The number of aliphatic hydroxyl groups excluding tert-OH is 3. The number of nitrogens with zero attached hydrogens (tertiary/aromatic N) is 1. The number of hydrogen-bond acceptors (Lipinski definition) is 7. The number of carbonyl (C=O) groups excluding carboxylic acids is 1. The predicted octanol–water partition coefficient (Wildman–Crippen LogP) is -2.61. The Balaban J connectivity index is 2.86. The van der Waals surface area contributed by atoms with Crippen molar-refractivity contribution in [2.45, 2.75) is 31.3 Å². The van der Waals surface area contributed by atoms with Crippen LogP contribution in [0.2, 0.25) is 0 Å². The molecule has 8 heteroatoms. The van der Waals surface area contributed by atoms with E-state index in [1.165, 1.54) is 6.92 Å². The molecule has 0 aromatic carbocycles. The lowest BCUT2D eigenvalue weighted by Gasteiger charge is -2.37. The van der Waals surface area contributed by atoms with E-state index in [2.05, 4.69) is 10.5 Å². The summed E-state index contributed by atoms with van der Waals surface area (Å²) in [4.78, 5) is 10.8. The highest BCUT2D eigenvalue weighted by Crippen LogP contribution is 2.17. The van der Waals surface area contributed by atoms with Gasteiger partial charge in [-0.15, -0.1) is 0 Å². The van der Waals surface area contributed by atoms with Crippen LogP contribution in [-0.2, 0) is 9.53 Å². The summed E-state index contributed by atoms with van der Waals surface area (Å²) < 4.78 is 4.91. The molecule has 1 rings (SSSR count). The fourth-order valence-corrected chi connectivity index (χ4v) is 1.46. The van der Waals surface area contributed by atoms with Crippen molar-refractivity contribution >= 4 is 11.8 Å². The molecule has 5 N–H and O–H groups in total. The third-order valence-corrected chi connectivity index (χ3v) is 2.25. The molecule has 1 heterocycles. The first kappa shape index (κ1) is 12.7. The standard InChI is InChI=1S/C8H14N2O6/c1-3(12)9-5-7(14)6(13)4(2-11)16-8(5)10-15/h4-7,11,13-15H,2H2,1H3,(H,9,12)/b10-8+. The zero-order valence-corrected chi connectivity index (χ0v) is 8.57. The molecule has 0 spiro atoms. The minimum atomic E-state index is -1.42. The molecule has 1 fully saturated rings. The van der Waals surface area contributed by atoms with Crippen molar-refractivity contribution in [3.63, 3.8) is 0 Å². The lowest BCUT2D eigenvalue weighted by atomic mass is 9.97. The highest BCUT2D eigenvalue weighted by molar-refractivity contribution is 5.88. The van der Waals surface area contributed by atoms with Crippen LogP contribution in [0.3, 0.4) is 0 Å². The monoisotopic (exact) mass is 234 g/mol. The third kappa shape index (κ3) is 2.40. The number of nitrogens with one attached hydrogen (secondary N) is 1. The SMILES string of the molecule is CC(=O)NC1/C(=N\O)OC(CO)C(O)C1O. The van der Waals surface area contributed by atoms with Gasteiger partial charge in [-0.05, 0) is 0 Å². The summed E-state index contributed by atoms with van der Waals surface area (Å²) in [6.45, 7) is 0.649. The van der Waals surface area contributed by atoms with Gasteiger partial charge in [0.15, 0.2) is 6.10 Å². The second-order valence-electron chi connectivity index (χ2n) is 3.44. The van der Waals surface area contributed by atoms with E-state index in [0.717, 1.165) is 0 Å². The van der Waals surface area contributed by atoms with Crippen LogP contribution in [0, 0.1) is 0 Å². The van der Waals surface area contributed by atoms with E-state index in [0.29, 0.717) is 0 Å². The molecule has 4 unspecified atom stereocenters. The number of oxime groups is 1. The molecule has 0 aliphatic carbocycles. The van der Waals surface area contributed by atoms with Crippen molar-refractivity contribution in [3.05, 3.63) is 0 Å². The summed E-state index contributed by atoms with van der Waals surface area (Å²) in [5, 5.41) is 41.6. The molecule has 8 nitrogen and oxygen atoms in total. The normalized spacial score (nSPS) is 36.9. The molecular weight excluding hydrogens is 220 g/mol. The maximum Gasteiger partial charge on any atom is 0.251 e. The fourth-order valence-electron chi connectivity index (χ4n) is 1.46. The summed E-state index contributed by atoms with van der Waals surface area (Å²) in [6.07, 6.45) is -3.89. The number of carbonyl (C=O) groups is 1. The van der Waals surface area contributed by atoms with Gasteiger partial charge in [-0.1, -0.05) is 5.16 Å². The lowest BCUT2D eigenvalue weighted by molar-refractivity contribution is -0.126. The van der Waals surface area contributed by atoms with E-state index in [1.54, 1.807) is 0 Å². The molecule has 0 aromatic rings. The van der Waals surface area contributed by atoms with E-state index in [-0.39, 0.29) is 5.90 Å². The minimum absolute atomic E-state index is 0.355. The Labute approximate surface area is 91.1 Å². The van der Waals surface area contributed by atoms with Crippen molar-refractivity contribution in [2.24, 2.45) is 5.16 Å². The largest absolute Gasteiger partial charge is 0.468 e. The maximum absolute atomic E-state index is 10.8. The van der Waals surface area contributed by atoms with Crippen LogP contribution in [0.25, 0.3) is 0 Å². The first-order valence-electron chi connectivity index (χ1n) is 4.64. The molecule has 0 saturated carbocycles. The fraction of sp³-hybridized carbons (Fsp3) is 0.750. The molecular formula is C8H14N2O6. The second-order valence-corrected chi connectivity index (χ2v) is 3.44. The quantitative estimate of drug-likeness (QED) is 0.263. The van der Waals surface area contributed by atoms with E-state index < -0.39 is 36.9 Å². The Bertz CT molecular complexity index is 294. The van der Waals surface area contributed by atoms with Crippen LogP contribution in [0.15, 0.2) is 5.16 Å². The Hall–Kier alpha value is -1.38. The first-order chi connectivity index (χ1) is 7.51. The summed E-state index contributed by atoms with van der Waals surface area (Å²) >= 11 is 0. The lowest BCUT2D eigenvalue weighted by Crippen LogP contribution is -2.62. The Morgan fingerprint density at radius 1 is 1.50 bits per heavy atom. The minimum Gasteiger partial charge on any atom is -0.468 e. The zero-order chi connectivity index (χ0) is 12.3. The maximum atomic E-state index is 10.8. The Morgan fingerprint density at radius 2 is 2.12 bits per heavy atom. The summed E-state index contributed by atoms with van der Waals surface area (Å²) in [6, 6.07) is -1.14. The molecule has 1 aliphatic rings. The van der Waals surface area contributed by atoms with Gasteiger partial charge in [-0.2, -0.15) is 0 Å². The van der Waals surface area contributed by atoms with Gasteiger partial charge in [0.1, 0.15) is 18.2 Å². The second kappa shape index (κ2) is 5.10. The van der Waals surface area contributed by atoms with Crippen molar-refractivity contribution in [1.29, 1.82) is 0 Å². The van der Waals surface area contributed by atoms with Crippen LogP contribution in [0.1, 0.15) is 6.92 Å². The molecule has 0 radical (unpaired) electrons. The van der Waals surface area contributed by atoms with Crippen molar-refractivity contribution in [1.82, 2.24) is 5.32 Å². The first-order valence-corrected chi connectivity index (χ1v) is 4.64. The van der Waals surface area contributed by atoms with Crippen molar-refractivity contribution in [3.8, 4) is 0 Å². The van der Waals surface area contributed by atoms with Crippen LogP contribution < -0.4 is 5.32 Å². The van der Waals surface area contributed by atoms with E-state index in [9.17, 15) is 15.0 Å². The Kier molecular flexibility index (Phi) is 4.05. The summed E-state index contributed by atoms with van der Waals surface area (Å²) in [5.74, 6) is -0.838. The average molecular weight is 234 g/mol. The number of ether oxygens (including phenoxy) is 1. The molecule has 92 valence electrons. The van der Waals surface area contributed by atoms with E-state index >= 15 is 0 Å². The number of rotatable bonds is 2. The van der Waals surface area contributed by atoms with Crippen LogP contribution in [0.5, 0.6) is 0 Å².